The molecule has 4 nitrogen and oxygen atoms in total. The van der Waals surface area contributed by atoms with Crippen LogP contribution in [0.5, 0.6) is 5.75 Å². The minimum atomic E-state index is -0.145. The van der Waals surface area contributed by atoms with Gasteiger partial charge in [-0.25, -0.2) is 0 Å². The predicted octanol–water partition coefficient (Wildman–Crippen LogP) is 4.37. The van der Waals surface area contributed by atoms with Gasteiger partial charge in [-0.1, -0.05) is 35.3 Å². The second-order valence-electron chi connectivity index (χ2n) is 4.66. The minimum absolute atomic E-state index is 0.145. The molecule has 22 heavy (non-hydrogen) atoms. The van der Waals surface area contributed by atoms with E-state index >= 15 is 0 Å². The molecule has 0 aliphatic heterocycles. The fraction of sp³-hybridized carbons (Fsp3) is 0.188. The van der Waals surface area contributed by atoms with E-state index in [4.69, 9.17) is 33.7 Å². The van der Waals surface area contributed by atoms with Crippen molar-refractivity contribution < 1.29 is 9.53 Å². The van der Waals surface area contributed by atoms with Gasteiger partial charge in [0.15, 0.2) is 0 Å². The van der Waals surface area contributed by atoms with Gasteiger partial charge in [-0.3, -0.25) is 4.79 Å². The lowest BCUT2D eigenvalue weighted by molar-refractivity contribution is -0.116. The van der Waals surface area contributed by atoms with Gasteiger partial charge in [0.1, 0.15) is 5.75 Å². The van der Waals surface area contributed by atoms with E-state index in [0.717, 1.165) is 0 Å². The number of carbonyl (C=O) groups excluding carboxylic acids is 1. The third-order valence-corrected chi connectivity index (χ3v) is 3.49. The van der Waals surface area contributed by atoms with E-state index < -0.39 is 0 Å². The number of nitrogens with one attached hydrogen (secondary N) is 1. The molecule has 0 aliphatic rings. The number of hydrogen-bond acceptors (Lipinski definition) is 3. The van der Waals surface area contributed by atoms with E-state index in [0.29, 0.717) is 46.6 Å². The SMILES string of the molecule is Nc1ccccc1OCCCC(=O)Nc1cc(Cl)ccc1Cl. The molecule has 6 heteroatoms. The van der Waals surface area contributed by atoms with Crippen molar-refractivity contribution in [1.82, 2.24) is 0 Å². The Bertz CT molecular complexity index is 662. The van der Waals surface area contributed by atoms with E-state index in [9.17, 15) is 4.79 Å². The van der Waals surface area contributed by atoms with Gasteiger partial charge in [-0.05, 0) is 36.8 Å². The zero-order valence-corrected chi connectivity index (χ0v) is 13.3. The highest BCUT2D eigenvalue weighted by Crippen LogP contribution is 2.25. The molecular weight excluding hydrogens is 323 g/mol. The normalized spacial score (nSPS) is 10.3. The maximum Gasteiger partial charge on any atom is 0.224 e. The molecule has 2 rings (SSSR count). The molecule has 0 saturated heterocycles. The molecule has 0 unspecified atom stereocenters. The molecule has 3 N–H and O–H groups in total. The maximum atomic E-state index is 11.9. The van der Waals surface area contributed by atoms with E-state index in [1.165, 1.54) is 0 Å². The van der Waals surface area contributed by atoms with Crippen molar-refractivity contribution in [2.45, 2.75) is 12.8 Å². The van der Waals surface area contributed by atoms with Crippen LogP contribution in [0.15, 0.2) is 42.5 Å². The van der Waals surface area contributed by atoms with Crippen molar-refractivity contribution in [3.63, 3.8) is 0 Å². The van der Waals surface area contributed by atoms with Gasteiger partial charge in [0.05, 0.1) is 23.0 Å². The molecule has 0 heterocycles. The first-order chi connectivity index (χ1) is 10.6. The molecular formula is C16H16Cl2N2O2. The summed E-state index contributed by atoms with van der Waals surface area (Å²) in [6, 6.07) is 12.2. The number of benzene rings is 2. The first-order valence-corrected chi connectivity index (χ1v) is 7.54. The van der Waals surface area contributed by atoms with Gasteiger partial charge in [0, 0.05) is 11.4 Å². The summed E-state index contributed by atoms with van der Waals surface area (Å²) in [5.74, 6) is 0.481. The average molecular weight is 339 g/mol. The molecule has 0 atom stereocenters. The van der Waals surface area contributed by atoms with Crippen LogP contribution in [0.3, 0.4) is 0 Å². The van der Waals surface area contributed by atoms with Gasteiger partial charge < -0.3 is 15.8 Å². The number of anilines is 2. The number of rotatable bonds is 6. The third-order valence-electron chi connectivity index (χ3n) is 2.93. The first-order valence-electron chi connectivity index (χ1n) is 6.78. The van der Waals surface area contributed by atoms with Crippen LogP contribution in [0.4, 0.5) is 11.4 Å². The molecule has 0 saturated carbocycles. The van der Waals surface area contributed by atoms with Crippen LogP contribution in [0.25, 0.3) is 0 Å². The van der Waals surface area contributed by atoms with Crippen LogP contribution >= 0.6 is 23.2 Å². The Hall–Kier alpha value is -1.91. The summed E-state index contributed by atoms with van der Waals surface area (Å²) < 4.78 is 5.53. The van der Waals surface area contributed by atoms with Crippen LogP contribution < -0.4 is 15.8 Å². The largest absolute Gasteiger partial charge is 0.491 e. The van der Waals surface area contributed by atoms with E-state index in [-0.39, 0.29) is 5.91 Å². The molecule has 2 aromatic rings. The third kappa shape index (κ3) is 4.83. The summed E-state index contributed by atoms with van der Waals surface area (Å²) in [6.07, 6.45) is 0.883. The summed E-state index contributed by atoms with van der Waals surface area (Å²) in [4.78, 5) is 11.9. The van der Waals surface area contributed by atoms with E-state index in [1.807, 2.05) is 12.1 Å². The lowest BCUT2D eigenvalue weighted by Gasteiger charge is -2.09. The summed E-state index contributed by atoms with van der Waals surface area (Å²) in [5.41, 5.74) is 6.85. The first kappa shape index (κ1) is 16.5. The summed E-state index contributed by atoms with van der Waals surface area (Å²) in [6.45, 7) is 0.408. The lowest BCUT2D eigenvalue weighted by Crippen LogP contribution is -2.13. The van der Waals surface area contributed by atoms with Crippen LogP contribution in [-0.2, 0) is 4.79 Å². The van der Waals surface area contributed by atoms with Crippen molar-refractivity contribution in [3.05, 3.63) is 52.5 Å². The number of hydrogen-bond donors (Lipinski definition) is 2. The Morgan fingerprint density at radius 1 is 1.18 bits per heavy atom. The van der Waals surface area contributed by atoms with Crippen molar-refractivity contribution >= 4 is 40.5 Å². The summed E-state index contributed by atoms with van der Waals surface area (Å²) in [5, 5.41) is 3.69. The number of ether oxygens (including phenoxy) is 1. The van der Waals surface area contributed by atoms with Crippen LogP contribution in [-0.4, -0.2) is 12.5 Å². The number of halogens is 2. The Labute approximate surface area is 139 Å². The fourth-order valence-corrected chi connectivity index (χ4v) is 2.17. The number of amides is 1. The van der Waals surface area contributed by atoms with Gasteiger partial charge in [0.2, 0.25) is 5.91 Å². The highest BCUT2D eigenvalue weighted by atomic mass is 35.5. The maximum absolute atomic E-state index is 11.9. The second-order valence-corrected chi connectivity index (χ2v) is 5.51. The smallest absolute Gasteiger partial charge is 0.224 e. The molecule has 116 valence electrons. The molecule has 0 radical (unpaired) electrons. The van der Waals surface area contributed by atoms with Crippen molar-refractivity contribution in [3.8, 4) is 5.75 Å². The zero-order chi connectivity index (χ0) is 15.9. The van der Waals surface area contributed by atoms with E-state index in [2.05, 4.69) is 5.32 Å². The number of para-hydroxylation sites is 2. The molecule has 0 spiro atoms. The van der Waals surface area contributed by atoms with Crippen molar-refractivity contribution in [2.75, 3.05) is 17.7 Å². The molecule has 0 aliphatic carbocycles. The highest BCUT2D eigenvalue weighted by Gasteiger charge is 2.07. The molecule has 0 fully saturated rings. The second kappa shape index (κ2) is 7.92. The molecule has 2 aromatic carbocycles. The van der Waals surface area contributed by atoms with Gasteiger partial charge in [-0.15, -0.1) is 0 Å². The monoisotopic (exact) mass is 338 g/mol. The summed E-state index contributed by atoms with van der Waals surface area (Å²) in [7, 11) is 0. The van der Waals surface area contributed by atoms with E-state index in [1.54, 1.807) is 30.3 Å². The topological polar surface area (TPSA) is 64.3 Å². The van der Waals surface area contributed by atoms with Crippen LogP contribution in [0.1, 0.15) is 12.8 Å². The van der Waals surface area contributed by atoms with Crippen LogP contribution in [0, 0.1) is 0 Å². The Balaban J connectivity index is 1.76. The number of nitrogen functional groups attached to an aromatic ring is 1. The molecule has 1 amide bonds. The lowest BCUT2D eigenvalue weighted by atomic mass is 10.2. The highest BCUT2D eigenvalue weighted by molar-refractivity contribution is 6.35. The van der Waals surface area contributed by atoms with Gasteiger partial charge in [0.25, 0.3) is 0 Å². The van der Waals surface area contributed by atoms with Crippen molar-refractivity contribution in [2.24, 2.45) is 0 Å². The van der Waals surface area contributed by atoms with Crippen molar-refractivity contribution in [1.29, 1.82) is 0 Å². The summed E-state index contributed by atoms with van der Waals surface area (Å²) >= 11 is 11.9. The average Bonchev–Trinajstić information content (AvgIpc) is 2.49. The molecule has 0 aromatic heterocycles. The van der Waals surface area contributed by atoms with Gasteiger partial charge in [-0.2, -0.15) is 0 Å². The minimum Gasteiger partial charge on any atom is -0.491 e. The fourth-order valence-electron chi connectivity index (χ4n) is 1.83. The molecule has 0 bridgehead atoms. The standard InChI is InChI=1S/C16H16Cl2N2O2/c17-11-7-8-12(18)14(10-11)20-16(21)6-3-9-22-15-5-2-1-4-13(15)19/h1-2,4-5,7-8,10H,3,6,9,19H2,(H,20,21). The quantitative estimate of drug-likeness (QED) is 0.607. The Morgan fingerprint density at radius 3 is 2.73 bits per heavy atom. The predicted molar refractivity (Wildman–Crippen MR) is 90.7 cm³/mol. The number of nitrogens with two attached hydrogens (primary N) is 1. The van der Waals surface area contributed by atoms with Crippen LogP contribution in [0.2, 0.25) is 10.0 Å². The Kier molecular flexibility index (Phi) is 5.92. The number of carbonyl (C=O) groups is 1. The van der Waals surface area contributed by atoms with Gasteiger partial charge >= 0.3 is 0 Å². The zero-order valence-electron chi connectivity index (χ0n) is 11.8. The Morgan fingerprint density at radius 2 is 1.95 bits per heavy atom.